The Morgan fingerprint density at radius 3 is 2.44 bits per heavy atom. The monoisotopic (exact) mass is 221 g/mol. The van der Waals surface area contributed by atoms with Gasteiger partial charge in [0.1, 0.15) is 11.5 Å². The highest BCUT2D eigenvalue weighted by atomic mass is 16.3. The van der Waals surface area contributed by atoms with Crippen LogP contribution < -0.4 is 5.32 Å². The number of hydrogen-bond donors (Lipinski definition) is 3. The minimum Gasteiger partial charge on any atom is -0.508 e. The second-order valence-electron chi connectivity index (χ2n) is 4.68. The van der Waals surface area contributed by atoms with Crippen LogP contribution in [0.1, 0.15) is 38.3 Å². The summed E-state index contributed by atoms with van der Waals surface area (Å²) < 4.78 is 0. The van der Waals surface area contributed by atoms with Gasteiger partial charge in [0.15, 0.2) is 0 Å². The van der Waals surface area contributed by atoms with Crippen molar-refractivity contribution in [3.05, 3.63) is 23.8 Å². The number of nitrogens with one attached hydrogen (secondary N) is 1. The lowest BCUT2D eigenvalue weighted by atomic mass is 10.1. The molecule has 1 aromatic carbocycles. The zero-order valence-electron chi connectivity index (χ0n) is 9.77. The van der Waals surface area contributed by atoms with Gasteiger partial charge in [-0.3, -0.25) is 0 Å². The van der Waals surface area contributed by atoms with Gasteiger partial charge in [0.25, 0.3) is 0 Å². The van der Waals surface area contributed by atoms with E-state index in [-0.39, 0.29) is 17.5 Å². The first-order chi connectivity index (χ1) is 7.60. The fraction of sp³-hybridized carbons (Fsp3) is 0.538. The van der Waals surface area contributed by atoms with Crippen LogP contribution in [0.25, 0.3) is 0 Å². The Kier molecular flexibility index (Phi) is 3.06. The third-order valence-electron chi connectivity index (χ3n) is 3.34. The van der Waals surface area contributed by atoms with E-state index >= 15 is 0 Å². The predicted octanol–water partition coefficient (Wildman–Crippen LogP) is 2.55. The molecule has 3 heteroatoms. The number of benzene rings is 1. The topological polar surface area (TPSA) is 52.5 Å². The maximum atomic E-state index is 9.40. The lowest BCUT2D eigenvalue weighted by Crippen LogP contribution is -2.22. The van der Waals surface area contributed by atoms with Gasteiger partial charge in [-0.15, -0.1) is 0 Å². The number of hydrogen-bond acceptors (Lipinski definition) is 3. The number of rotatable bonds is 4. The smallest absolute Gasteiger partial charge is 0.119 e. The molecule has 3 N–H and O–H groups in total. The third-order valence-corrected chi connectivity index (χ3v) is 3.34. The average Bonchev–Trinajstić information content (AvgIpc) is 2.95. The van der Waals surface area contributed by atoms with Crippen molar-refractivity contribution in [2.45, 2.75) is 38.8 Å². The lowest BCUT2D eigenvalue weighted by Gasteiger charge is -2.14. The summed E-state index contributed by atoms with van der Waals surface area (Å²) >= 11 is 0. The van der Waals surface area contributed by atoms with E-state index in [1.54, 1.807) is 12.1 Å². The van der Waals surface area contributed by atoms with E-state index < -0.39 is 0 Å². The quantitative estimate of drug-likeness (QED) is 0.732. The second-order valence-corrected chi connectivity index (χ2v) is 4.68. The summed E-state index contributed by atoms with van der Waals surface area (Å²) in [7, 11) is 0. The van der Waals surface area contributed by atoms with Gasteiger partial charge < -0.3 is 15.5 Å². The van der Waals surface area contributed by atoms with E-state index in [0.717, 1.165) is 11.5 Å². The second kappa shape index (κ2) is 4.34. The lowest BCUT2D eigenvalue weighted by molar-refractivity contribution is 0.445. The van der Waals surface area contributed by atoms with Crippen LogP contribution in [0.4, 0.5) is 0 Å². The Labute approximate surface area is 96.1 Å². The molecule has 1 aromatic rings. The molecule has 3 unspecified atom stereocenters. The molecule has 3 nitrogen and oxygen atoms in total. The van der Waals surface area contributed by atoms with Gasteiger partial charge >= 0.3 is 0 Å². The molecule has 1 fully saturated rings. The highest BCUT2D eigenvalue weighted by Crippen LogP contribution is 2.35. The van der Waals surface area contributed by atoms with Gasteiger partial charge in [0.2, 0.25) is 0 Å². The normalized spacial score (nSPS) is 25.4. The number of aromatic hydroxyl groups is 2. The minimum atomic E-state index is 0.117. The average molecular weight is 221 g/mol. The first-order valence-corrected chi connectivity index (χ1v) is 5.89. The Morgan fingerprint density at radius 2 is 1.94 bits per heavy atom. The molecule has 0 amide bonds. The van der Waals surface area contributed by atoms with Crippen molar-refractivity contribution in [2.75, 3.05) is 0 Å². The zero-order valence-corrected chi connectivity index (χ0v) is 9.77. The highest BCUT2D eigenvalue weighted by Gasteiger charge is 2.35. The van der Waals surface area contributed by atoms with Crippen molar-refractivity contribution in [1.29, 1.82) is 0 Å². The molecule has 16 heavy (non-hydrogen) atoms. The summed E-state index contributed by atoms with van der Waals surface area (Å²) in [4.78, 5) is 0. The summed E-state index contributed by atoms with van der Waals surface area (Å²) in [5.41, 5.74) is 0.930. The fourth-order valence-corrected chi connectivity index (χ4v) is 2.19. The molecule has 3 atom stereocenters. The third kappa shape index (κ3) is 2.47. The summed E-state index contributed by atoms with van der Waals surface area (Å²) in [5, 5.41) is 22.3. The van der Waals surface area contributed by atoms with Crippen LogP contribution in [0, 0.1) is 5.92 Å². The van der Waals surface area contributed by atoms with E-state index in [4.69, 9.17) is 0 Å². The van der Waals surface area contributed by atoms with Crippen molar-refractivity contribution < 1.29 is 10.2 Å². The molecule has 88 valence electrons. The van der Waals surface area contributed by atoms with E-state index in [1.807, 2.05) is 0 Å². The Morgan fingerprint density at radius 1 is 1.31 bits per heavy atom. The summed E-state index contributed by atoms with van der Waals surface area (Å²) in [6.45, 7) is 4.26. The van der Waals surface area contributed by atoms with Crippen LogP contribution in [0.5, 0.6) is 11.5 Å². The van der Waals surface area contributed by atoms with Crippen molar-refractivity contribution in [3.8, 4) is 11.5 Å². The molecule has 1 aliphatic carbocycles. The molecule has 1 aliphatic rings. The highest BCUT2D eigenvalue weighted by molar-refractivity contribution is 5.38. The molecule has 0 bridgehead atoms. The van der Waals surface area contributed by atoms with Gasteiger partial charge in [-0.2, -0.15) is 0 Å². The van der Waals surface area contributed by atoms with E-state index in [0.29, 0.717) is 6.04 Å². The number of phenolic OH excluding ortho intramolecular Hbond substituents is 2. The first-order valence-electron chi connectivity index (χ1n) is 5.89. The van der Waals surface area contributed by atoms with E-state index in [1.165, 1.54) is 18.9 Å². The van der Waals surface area contributed by atoms with Gasteiger partial charge in [-0.1, -0.05) is 13.3 Å². The molecular formula is C13H19NO2. The van der Waals surface area contributed by atoms with Crippen LogP contribution in [0.3, 0.4) is 0 Å². The molecule has 0 radical (unpaired) electrons. The fourth-order valence-electron chi connectivity index (χ4n) is 2.19. The van der Waals surface area contributed by atoms with Gasteiger partial charge in [0, 0.05) is 18.2 Å². The van der Waals surface area contributed by atoms with Gasteiger partial charge in [-0.05, 0) is 37.0 Å². The van der Waals surface area contributed by atoms with Crippen LogP contribution in [0.15, 0.2) is 18.2 Å². The van der Waals surface area contributed by atoms with Crippen molar-refractivity contribution in [1.82, 2.24) is 5.32 Å². The van der Waals surface area contributed by atoms with E-state index in [9.17, 15) is 10.2 Å². The molecule has 0 spiro atoms. The van der Waals surface area contributed by atoms with Crippen LogP contribution in [-0.2, 0) is 0 Å². The standard InChI is InChI=1S/C13H19NO2/c1-3-9-6-13(9)14-8(2)10-4-11(15)7-12(16)5-10/h4-5,7-9,13-16H,3,6H2,1-2H3. The summed E-state index contributed by atoms with van der Waals surface area (Å²) in [5.74, 6) is 1.03. The Balaban J connectivity index is 2.00. The SMILES string of the molecule is CCC1CC1NC(C)c1cc(O)cc(O)c1. The van der Waals surface area contributed by atoms with Crippen LogP contribution >= 0.6 is 0 Å². The molecule has 1 saturated carbocycles. The molecule has 0 aromatic heterocycles. The molecule has 0 saturated heterocycles. The molecular weight excluding hydrogens is 202 g/mol. The molecule has 0 heterocycles. The van der Waals surface area contributed by atoms with Gasteiger partial charge in [0.05, 0.1) is 0 Å². The summed E-state index contributed by atoms with van der Waals surface area (Å²) in [6.07, 6.45) is 2.46. The maximum Gasteiger partial charge on any atom is 0.119 e. The van der Waals surface area contributed by atoms with Gasteiger partial charge in [-0.25, -0.2) is 0 Å². The van der Waals surface area contributed by atoms with Crippen LogP contribution in [-0.4, -0.2) is 16.3 Å². The zero-order chi connectivity index (χ0) is 11.7. The molecule has 0 aliphatic heterocycles. The van der Waals surface area contributed by atoms with Crippen molar-refractivity contribution in [2.24, 2.45) is 5.92 Å². The van der Waals surface area contributed by atoms with Crippen molar-refractivity contribution >= 4 is 0 Å². The van der Waals surface area contributed by atoms with E-state index in [2.05, 4.69) is 19.2 Å². The Bertz CT molecular complexity index is 358. The number of phenols is 2. The molecule has 2 rings (SSSR count). The predicted molar refractivity (Wildman–Crippen MR) is 63.5 cm³/mol. The van der Waals surface area contributed by atoms with Crippen LogP contribution in [0.2, 0.25) is 0 Å². The summed E-state index contributed by atoms with van der Waals surface area (Å²) in [6, 6.07) is 5.51. The Hall–Kier alpha value is -1.22. The maximum absolute atomic E-state index is 9.40. The minimum absolute atomic E-state index is 0.117. The van der Waals surface area contributed by atoms with Crippen molar-refractivity contribution in [3.63, 3.8) is 0 Å². The first kappa shape index (κ1) is 11.3. The largest absolute Gasteiger partial charge is 0.508 e.